The van der Waals surface area contributed by atoms with E-state index in [0.717, 1.165) is 12.8 Å². The van der Waals surface area contributed by atoms with E-state index >= 15 is 0 Å². The molecule has 0 saturated carbocycles. The minimum Gasteiger partial charge on any atom is -0.481 e. The maximum absolute atomic E-state index is 12.6. The predicted molar refractivity (Wildman–Crippen MR) is 118 cm³/mol. The first-order valence-corrected chi connectivity index (χ1v) is 11.4. The van der Waals surface area contributed by atoms with Crippen LogP contribution >= 0.6 is 0 Å². The number of nitrogens with one attached hydrogen (secondary N) is 3. The summed E-state index contributed by atoms with van der Waals surface area (Å²) in [7, 11) is -1.23. The molecule has 1 aromatic carbocycles. The third-order valence-corrected chi connectivity index (χ3v) is 5.55. The summed E-state index contributed by atoms with van der Waals surface area (Å²) in [6.45, 7) is 2.62. The average molecular weight is 466 g/mol. The van der Waals surface area contributed by atoms with Gasteiger partial charge in [-0.05, 0) is 30.7 Å². The van der Waals surface area contributed by atoms with E-state index in [1.54, 1.807) is 0 Å². The zero-order valence-corrected chi connectivity index (χ0v) is 19.0. The molecule has 1 aromatic heterocycles. The fraction of sp³-hybridized carbons (Fsp3) is 0.400. The number of aromatic nitrogens is 2. The van der Waals surface area contributed by atoms with Crippen LogP contribution in [0.5, 0.6) is 11.8 Å². The second-order valence-corrected chi connectivity index (χ2v) is 8.34. The molecule has 0 aliphatic carbocycles. The first-order chi connectivity index (χ1) is 15.3. The number of ether oxygens (including phenoxy) is 2. The van der Waals surface area contributed by atoms with Gasteiger partial charge in [-0.15, -0.1) is 0 Å². The number of rotatable bonds is 12. The minimum atomic E-state index is -3.99. The lowest BCUT2D eigenvalue weighted by molar-refractivity contribution is -0.124. The van der Waals surface area contributed by atoms with Crippen LogP contribution in [0.3, 0.4) is 0 Å². The van der Waals surface area contributed by atoms with E-state index in [-0.39, 0.29) is 47.3 Å². The van der Waals surface area contributed by atoms with Crippen molar-refractivity contribution in [2.75, 3.05) is 30.8 Å². The summed E-state index contributed by atoms with van der Waals surface area (Å²) in [6.07, 6.45) is 1.97. The highest BCUT2D eigenvalue weighted by Crippen LogP contribution is 2.21. The number of unbranched alkanes of at least 4 members (excludes halogenated alkanes) is 1. The Morgan fingerprint density at radius 3 is 2.12 bits per heavy atom. The summed E-state index contributed by atoms with van der Waals surface area (Å²) < 4.78 is 37.5. The van der Waals surface area contributed by atoms with Crippen molar-refractivity contribution in [1.29, 1.82) is 0 Å². The Morgan fingerprint density at radius 1 is 0.969 bits per heavy atom. The number of nitrogens with zero attached hydrogens (tertiary/aromatic N) is 2. The van der Waals surface area contributed by atoms with Crippen molar-refractivity contribution < 1.29 is 27.5 Å². The Bertz CT molecular complexity index is 1010. The lowest BCUT2D eigenvalue weighted by atomic mass is 10.2. The lowest BCUT2D eigenvalue weighted by Gasteiger charge is -2.10. The monoisotopic (exact) mass is 465 g/mol. The molecule has 2 rings (SSSR count). The molecule has 0 radical (unpaired) electrons. The molecule has 0 fully saturated rings. The van der Waals surface area contributed by atoms with Gasteiger partial charge in [0.15, 0.2) is 0 Å². The molecule has 0 aliphatic heterocycles. The number of benzene rings is 1. The van der Waals surface area contributed by atoms with Crippen molar-refractivity contribution >= 4 is 33.5 Å². The van der Waals surface area contributed by atoms with Crippen molar-refractivity contribution in [2.24, 2.45) is 0 Å². The minimum absolute atomic E-state index is 0.0224. The number of carbonyl (C=O) groups is 2. The van der Waals surface area contributed by atoms with Crippen molar-refractivity contribution in [3.05, 3.63) is 30.3 Å². The van der Waals surface area contributed by atoms with Crippen LogP contribution in [-0.4, -0.2) is 51.0 Å². The molecule has 3 N–H and O–H groups in total. The lowest BCUT2D eigenvalue weighted by Crippen LogP contribution is -2.25. The summed E-state index contributed by atoms with van der Waals surface area (Å²) in [5, 5.41) is 5.37. The highest BCUT2D eigenvalue weighted by atomic mass is 32.2. The zero-order valence-electron chi connectivity index (χ0n) is 18.2. The summed E-state index contributed by atoms with van der Waals surface area (Å²) in [6, 6.07) is 6.95. The third-order valence-electron chi connectivity index (χ3n) is 4.20. The van der Waals surface area contributed by atoms with Gasteiger partial charge in [-0.25, -0.2) is 13.1 Å². The number of sulfonamides is 1. The smallest absolute Gasteiger partial charge is 0.264 e. The van der Waals surface area contributed by atoms with Gasteiger partial charge in [0.2, 0.25) is 29.5 Å². The van der Waals surface area contributed by atoms with Gasteiger partial charge in [-0.1, -0.05) is 13.3 Å². The number of hydrogen-bond donors (Lipinski definition) is 3. The van der Waals surface area contributed by atoms with Crippen molar-refractivity contribution in [3.63, 3.8) is 0 Å². The first kappa shape index (κ1) is 24.9. The summed E-state index contributed by atoms with van der Waals surface area (Å²) in [4.78, 5) is 31.5. The predicted octanol–water partition coefficient (Wildman–Crippen LogP) is 1.93. The van der Waals surface area contributed by atoms with Crippen LogP contribution in [-0.2, 0) is 19.6 Å². The van der Waals surface area contributed by atoms with E-state index in [0.29, 0.717) is 12.2 Å². The van der Waals surface area contributed by atoms with E-state index in [4.69, 9.17) is 9.47 Å². The largest absolute Gasteiger partial charge is 0.481 e. The van der Waals surface area contributed by atoms with E-state index in [1.165, 1.54) is 44.6 Å². The molecule has 0 aliphatic rings. The topological polar surface area (TPSA) is 149 Å². The molecule has 11 nitrogen and oxygen atoms in total. The van der Waals surface area contributed by atoms with Crippen molar-refractivity contribution in [2.45, 2.75) is 37.5 Å². The molecule has 1 heterocycles. The molecule has 2 amide bonds. The average Bonchev–Trinajstić information content (AvgIpc) is 2.77. The highest BCUT2D eigenvalue weighted by molar-refractivity contribution is 7.92. The van der Waals surface area contributed by atoms with Crippen LogP contribution in [0.25, 0.3) is 0 Å². The van der Waals surface area contributed by atoms with Gasteiger partial charge in [-0.2, -0.15) is 9.97 Å². The van der Waals surface area contributed by atoms with Gasteiger partial charge in [0.05, 0.1) is 25.2 Å². The Hall–Kier alpha value is -3.41. The normalized spacial score (nSPS) is 10.8. The van der Waals surface area contributed by atoms with Gasteiger partial charge >= 0.3 is 0 Å². The standard InChI is InChI=1S/C20H27N5O6S/c1-4-5-12-21-16(26)10-11-17(27)22-14-6-8-15(9-7-14)32(28,29)25-20-23-18(30-2)13-19(24-20)31-3/h6-9,13H,4-5,10-12H2,1-3H3,(H,21,26)(H,22,27)(H,23,24,25). The second kappa shape index (κ2) is 11.8. The zero-order chi connectivity index (χ0) is 23.6. The maximum atomic E-state index is 12.6. The molecule has 174 valence electrons. The molecule has 0 unspecified atom stereocenters. The van der Waals surface area contributed by atoms with Crippen LogP contribution < -0.4 is 24.8 Å². The summed E-state index contributed by atoms with van der Waals surface area (Å²) >= 11 is 0. The molecule has 0 bridgehead atoms. The van der Waals surface area contributed by atoms with Crippen LogP contribution in [0.4, 0.5) is 11.6 Å². The van der Waals surface area contributed by atoms with E-state index in [2.05, 4.69) is 25.3 Å². The number of carbonyl (C=O) groups excluding carboxylic acids is 2. The van der Waals surface area contributed by atoms with Crippen LogP contribution in [0, 0.1) is 0 Å². The third kappa shape index (κ3) is 7.69. The number of methoxy groups -OCH3 is 2. The van der Waals surface area contributed by atoms with E-state index in [9.17, 15) is 18.0 Å². The van der Waals surface area contributed by atoms with Crippen molar-refractivity contribution in [1.82, 2.24) is 15.3 Å². The van der Waals surface area contributed by atoms with Gasteiger partial charge in [0, 0.05) is 25.1 Å². The summed E-state index contributed by atoms with van der Waals surface area (Å²) in [5.74, 6) is -0.479. The molecule has 12 heteroatoms. The Morgan fingerprint density at radius 2 is 1.56 bits per heavy atom. The van der Waals surface area contributed by atoms with E-state index < -0.39 is 10.0 Å². The van der Waals surface area contributed by atoms with Crippen LogP contribution in [0.15, 0.2) is 35.2 Å². The second-order valence-electron chi connectivity index (χ2n) is 6.66. The Labute approximate surface area is 187 Å². The van der Waals surface area contributed by atoms with Gasteiger partial charge in [-0.3, -0.25) is 9.59 Å². The Balaban J connectivity index is 1.96. The van der Waals surface area contributed by atoms with Crippen LogP contribution in [0.1, 0.15) is 32.6 Å². The number of anilines is 2. The molecule has 2 aromatic rings. The molecule has 32 heavy (non-hydrogen) atoms. The fourth-order valence-corrected chi connectivity index (χ4v) is 3.44. The number of amides is 2. The quantitative estimate of drug-likeness (QED) is 0.403. The maximum Gasteiger partial charge on any atom is 0.264 e. The van der Waals surface area contributed by atoms with Crippen LogP contribution in [0.2, 0.25) is 0 Å². The first-order valence-electron chi connectivity index (χ1n) is 9.94. The fourth-order valence-electron chi connectivity index (χ4n) is 2.50. The van der Waals surface area contributed by atoms with Gasteiger partial charge in [0.1, 0.15) is 0 Å². The highest BCUT2D eigenvalue weighted by Gasteiger charge is 2.17. The van der Waals surface area contributed by atoms with Crippen molar-refractivity contribution in [3.8, 4) is 11.8 Å². The molecular formula is C20H27N5O6S. The number of hydrogen-bond acceptors (Lipinski definition) is 8. The molecule has 0 atom stereocenters. The van der Waals surface area contributed by atoms with Gasteiger partial charge < -0.3 is 20.1 Å². The Kier molecular flexibility index (Phi) is 9.20. The SMILES string of the molecule is CCCCNC(=O)CCC(=O)Nc1ccc(S(=O)(=O)Nc2nc(OC)cc(OC)n2)cc1. The molecule has 0 spiro atoms. The molecular weight excluding hydrogens is 438 g/mol. The molecule has 0 saturated heterocycles. The van der Waals surface area contributed by atoms with E-state index in [1.807, 2.05) is 6.92 Å². The summed E-state index contributed by atoms with van der Waals surface area (Å²) in [5.41, 5.74) is 0.402. The van der Waals surface area contributed by atoms with Gasteiger partial charge in [0.25, 0.3) is 10.0 Å².